The van der Waals surface area contributed by atoms with Crippen LogP contribution < -0.4 is 5.32 Å². The van der Waals surface area contributed by atoms with Crippen LogP contribution in [0.1, 0.15) is 26.3 Å². The normalized spacial score (nSPS) is 14.7. The Labute approximate surface area is 126 Å². The van der Waals surface area contributed by atoms with E-state index in [1.165, 1.54) is 0 Å². The lowest BCUT2D eigenvalue weighted by Gasteiger charge is -2.30. The first-order chi connectivity index (χ1) is 9.01. The zero-order chi connectivity index (χ0) is 14.4. The molecular formula is C15H23Cl2NO. The second-order valence-electron chi connectivity index (χ2n) is 4.98. The molecule has 1 aromatic rings. The van der Waals surface area contributed by atoms with Crippen molar-refractivity contribution in [2.24, 2.45) is 5.92 Å². The molecule has 0 radical (unpaired) electrons. The van der Waals surface area contributed by atoms with Gasteiger partial charge in [0, 0.05) is 12.6 Å². The van der Waals surface area contributed by atoms with E-state index >= 15 is 0 Å². The second kappa shape index (κ2) is 8.11. The van der Waals surface area contributed by atoms with Crippen LogP contribution in [0.2, 0.25) is 10.0 Å². The second-order valence-corrected chi connectivity index (χ2v) is 5.76. The summed E-state index contributed by atoms with van der Waals surface area (Å²) in [5.74, 6) is 0.440. The van der Waals surface area contributed by atoms with Crippen molar-refractivity contribution in [1.82, 2.24) is 5.32 Å². The van der Waals surface area contributed by atoms with Gasteiger partial charge in [0.2, 0.25) is 0 Å². The van der Waals surface area contributed by atoms with E-state index in [0.717, 1.165) is 12.0 Å². The molecule has 2 atom stereocenters. The largest absolute Gasteiger partial charge is 0.377 e. The molecule has 0 saturated heterocycles. The minimum absolute atomic E-state index is 0.157. The summed E-state index contributed by atoms with van der Waals surface area (Å²) in [6, 6.07) is 5.98. The van der Waals surface area contributed by atoms with Gasteiger partial charge in [-0.25, -0.2) is 0 Å². The van der Waals surface area contributed by atoms with Gasteiger partial charge in [-0.05, 0) is 37.9 Å². The summed E-state index contributed by atoms with van der Waals surface area (Å²) in [4.78, 5) is 0. The molecule has 0 aliphatic heterocycles. The van der Waals surface area contributed by atoms with Crippen LogP contribution in [0.4, 0.5) is 0 Å². The van der Waals surface area contributed by atoms with Crippen molar-refractivity contribution < 1.29 is 4.74 Å². The lowest BCUT2D eigenvalue weighted by Crippen LogP contribution is -2.44. The van der Waals surface area contributed by atoms with Gasteiger partial charge in [0.05, 0.1) is 16.1 Å². The molecule has 19 heavy (non-hydrogen) atoms. The molecular weight excluding hydrogens is 281 g/mol. The standard InChI is InChI=1S/C15H23Cl2NO/c1-5-19-15(10(2)3)13(18-4)9-11-7-6-8-12(16)14(11)17/h6-8,10,13,15,18H,5,9H2,1-4H3. The lowest BCUT2D eigenvalue weighted by molar-refractivity contribution is 0.00536. The summed E-state index contributed by atoms with van der Waals surface area (Å²) < 4.78 is 5.86. The first-order valence-electron chi connectivity index (χ1n) is 6.73. The molecule has 2 unspecified atom stereocenters. The van der Waals surface area contributed by atoms with Gasteiger partial charge in [-0.3, -0.25) is 0 Å². The van der Waals surface area contributed by atoms with Crippen molar-refractivity contribution >= 4 is 23.2 Å². The van der Waals surface area contributed by atoms with E-state index in [9.17, 15) is 0 Å². The van der Waals surface area contributed by atoms with E-state index in [2.05, 4.69) is 19.2 Å². The fourth-order valence-electron chi connectivity index (χ4n) is 2.29. The third-order valence-corrected chi connectivity index (χ3v) is 4.11. The third-order valence-electron chi connectivity index (χ3n) is 3.25. The van der Waals surface area contributed by atoms with Gasteiger partial charge in [0.15, 0.2) is 0 Å². The summed E-state index contributed by atoms with van der Waals surface area (Å²) in [6.07, 6.45) is 0.962. The first-order valence-corrected chi connectivity index (χ1v) is 7.48. The number of likely N-dealkylation sites (N-methyl/N-ethyl adjacent to an activating group) is 1. The van der Waals surface area contributed by atoms with Crippen LogP contribution in [-0.4, -0.2) is 25.8 Å². The molecule has 108 valence electrons. The number of nitrogens with one attached hydrogen (secondary N) is 1. The molecule has 1 aromatic carbocycles. The summed E-state index contributed by atoms with van der Waals surface area (Å²) >= 11 is 12.3. The van der Waals surface area contributed by atoms with E-state index in [1.807, 2.05) is 32.2 Å². The Balaban J connectivity index is 2.88. The summed E-state index contributed by atoms with van der Waals surface area (Å²) in [5.41, 5.74) is 1.05. The highest BCUT2D eigenvalue weighted by Gasteiger charge is 2.24. The van der Waals surface area contributed by atoms with E-state index in [-0.39, 0.29) is 12.1 Å². The van der Waals surface area contributed by atoms with E-state index in [1.54, 1.807) is 0 Å². The molecule has 0 fully saturated rings. The zero-order valence-corrected chi connectivity index (χ0v) is 13.6. The topological polar surface area (TPSA) is 21.3 Å². The number of hydrogen-bond donors (Lipinski definition) is 1. The minimum atomic E-state index is 0.157. The van der Waals surface area contributed by atoms with Crippen LogP contribution in [0.15, 0.2) is 18.2 Å². The smallest absolute Gasteiger partial charge is 0.0753 e. The SMILES string of the molecule is CCOC(C(C)C)C(Cc1cccc(Cl)c1Cl)NC. The molecule has 1 rings (SSSR count). The average molecular weight is 304 g/mol. The number of halogens is 2. The molecule has 0 aliphatic carbocycles. The van der Waals surface area contributed by atoms with E-state index < -0.39 is 0 Å². The molecule has 0 bridgehead atoms. The Kier molecular flexibility index (Phi) is 7.16. The maximum Gasteiger partial charge on any atom is 0.0753 e. The summed E-state index contributed by atoms with van der Waals surface area (Å²) in [6.45, 7) is 7.08. The fourth-order valence-corrected chi connectivity index (χ4v) is 2.69. The van der Waals surface area contributed by atoms with Crippen molar-refractivity contribution in [3.05, 3.63) is 33.8 Å². The molecule has 0 aliphatic rings. The Morgan fingerprint density at radius 1 is 1.26 bits per heavy atom. The summed E-state index contributed by atoms with van der Waals surface area (Å²) in [7, 11) is 1.96. The van der Waals surface area contributed by atoms with Crippen molar-refractivity contribution in [3.8, 4) is 0 Å². The maximum atomic E-state index is 6.26. The van der Waals surface area contributed by atoms with E-state index in [0.29, 0.717) is 22.6 Å². The van der Waals surface area contributed by atoms with Crippen LogP contribution in [0, 0.1) is 5.92 Å². The number of ether oxygens (including phenoxy) is 1. The van der Waals surface area contributed by atoms with Crippen LogP contribution in [0.3, 0.4) is 0 Å². The van der Waals surface area contributed by atoms with Crippen LogP contribution in [0.25, 0.3) is 0 Å². The van der Waals surface area contributed by atoms with Gasteiger partial charge in [-0.2, -0.15) is 0 Å². The van der Waals surface area contributed by atoms with Gasteiger partial charge >= 0.3 is 0 Å². The molecule has 0 spiro atoms. The van der Waals surface area contributed by atoms with Gasteiger partial charge in [-0.15, -0.1) is 0 Å². The average Bonchev–Trinajstić information content (AvgIpc) is 2.38. The highest BCUT2D eigenvalue weighted by molar-refractivity contribution is 6.42. The highest BCUT2D eigenvalue weighted by atomic mass is 35.5. The Hall–Kier alpha value is -0.280. The predicted octanol–water partition coefficient (Wildman–Crippen LogP) is 4.19. The van der Waals surface area contributed by atoms with Gasteiger partial charge < -0.3 is 10.1 Å². The number of rotatable bonds is 7. The molecule has 0 heterocycles. The molecule has 4 heteroatoms. The van der Waals surface area contributed by atoms with Crippen LogP contribution >= 0.6 is 23.2 Å². The van der Waals surface area contributed by atoms with Crippen molar-refractivity contribution in [3.63, 3.8) is 0 Å². The quantitative estimate of drug-likeness (QED) is 0.815. The first kappa shape index (κ1) is 16.8. The van der Waals surface area contributed by atoms with Gasteiger partial charge in [-0.1, -0.05) is 49.2 Å². The molecule has 1 N–H and O–H groups in total. The molecule has 2 nitrogen and oxygen atoms in total. The summed E-state index contributed by atoms with van der Waals surface area (Å²) in [5, 5.41) is 4.58. The minimum Gasteiger partial charge on any atom is -0.377 e. The van der Waals surface area contributed by atoms with Crippen LogP contribution in [0.5, 0.6) is 0 Å². The van der Waals surface area contributed by atoms with E-state index in [4.69, 9.17) is 27.9 Å². The Bertz CT molecular complexity index is 396. The van der Waals surface area contributed by atoms with Crippen LogP contribution in [-0.2, 0) is 11.2 Å². The van der Waals surface area contributed by atoms with Crippen molar-refractivity contribution in [1.29, 1.82) is 0 Å². The van der Waals surface area contributed by atoms with Gasteiger partial charge in [0.1, 0.15) is 0 Å². The van der Waals surface area contributed by atoms with Crippen molar-refractivity contribution in [2.75, 3.05) is 13.7 Å². The molecule has 0 saturated carbocycles. The van der Waals surface area contributed by atoms with Gasteiger partial charge in [0.25, 0.3) is 0 Å². The highest BCUT2D eigenvalue weighted by Crippen LogP contribution is 2.27. The Morgan fingerprint density at radius 3 is 2.47 bits per heavy atom. The molecule has 0 aromatic heterocycles. The monoisotopic (exact) mass is 303 g/mol. The third kappa shape index (κ3) is 4.64. The Morgan fingerprint density at radius 2 is 1.95 bits per heavy atom. The number of benzene rings is 1. The number of hydrogen-bond acceptors (Lipinski definition) is 2. The molecule has 0 amide bonds. The lowest BCUT2D eigenvalue weighted by atomic mass is 9.94. The predicted molar refractivity (Wildman–Crippen MR) is 83.3 cm³/mol. The zero-order valence-electron chi connectivity index (χ0n) is 12.0. The maximum absolute atomic E-state index is 6.26. The fraction of sp³-hybridized carbons (Fsp3) is 0.600. The van der Waals surface area contributed by atoms with Crippen molar-refractivity contribution in [2.45, 2.75) is 39.3 Å².